The Bertz CT molecular complexity index is 1200. The minimum absolute atomic E-state index is 0.307. The first-order valence-corrected chi connectivity index (χ1v) is 10.0. The van der Waals surface area contributed by atoms with Crippen LogP contribution in [0.4, 0.5) is 0 Å². The summed E-state index contributed by atoms with van der Waals surface area (Å²) in [6.45, 7) is 0.502. The number of nitrogens with one attached hydrogen (secondary N) is 2. The zero-order valence-electron chi connectivity index (χ0n) is 17.5. The predicted molar refractivity (Wildman–Crippen MR) is 123 cm³/mol. The number of nitrogens with zero attached hydrogens (tertiary/aromatic N) is 2. The number of carbonyl (C=O) groups is 1. The van der Waals surface area contributed by atoms with Crippen molar-refractivity contribution in [3.63, 3.8) is 0 Å². The van der Waals surface area contributed by atoms with Gasteiger partial charge in [-0.2, -0.15) is 10.2 Å². The average molecular weight is 426 g/mol. The summed E-state index contributed by atoms with van der Waals surface area (Å²) in [5.41, 5.74) is 6.18. The number of H-pyrrole nitrogens is 1. The van der Waals surface area contributed by atoms with E-state index in [4.69, 9.17) is 9.47 Å². The fourth-order valence-electron chi connectivity index (χ4n) is 3.04. The van der Waals surface area contributed by atoms with Crippen molar-refractivity contribution < 1.29 is 14.3 Å². The van der Waals surface area contributed by atoms with Gasteiger partial charge in [-0.15, -0.1) is 0 Å². The Kier molecular flexibility index (Phi) is 6.57. The number of hydrogen-bond donors (Lipinski definition) is 2. The largest absolute Gasteiger partial charge is 0.496 e. The van der Waals surface area contributed by atoms with Crippen molar-refractivity contribution in [1.29, 1.82) is 0 Å². The molecule has 0 aliphatic heterocycles. The fourth-order valence-corrected chi connectivity index (χ4v) is 3.04. The molecule has 0 unspecified atom stereocenters. The normalized spacial score (nSPS) is 10.8. The van der Waals surface area contributed by atoms with E-state index in [9.17, 15) is 4.79 Å². The highest BCUT2D eigenvalue weighted by atomic mass is 16.5. The van der Waals surface area contributed by atoms with Crippen molar-refractivity contribution in [3.8, 4) is 22.8 Å². The molecular weight excluding hydrogens is 404 g/mol. The summed E-state index contributed by atoms with van der Waals surface area (Å²) in [5, 5.41) is 11.0. The second-order valence-electron chi connectivity index (χ2n) is 6.91. The van der Waals surface area contributed by atoms with Crippen LogP contribution in [0.2, 0.25) is 0 Å². The van der Waals surface area contributed by atoms with Gasteiger partial charge in [0.1, 0.15) is 23.8 Å². The van der Waals surface area contributed by atoms with Gasteiger partial charge >= 0.3 is 0 Å². The standard InChI is InChI=1S/C25H22N4O3/c1-31-24-10-6-5-9-20(24)16-26-29-25(30)23-15-22(27-28-23)19-11-13-21(14-12-19)32-17-18-7-3-2-4-8-18/h2-16H,17H2,1H3,(H,27,28)(H,29,30). The first kappa shape index (κ1) is 20.9. The zero-order valence-corrected chi connectivity index (χ0v) is 17.5. The minimum Gasteiger partial charge on any atom is -0.496 e. The molecule has 0 saturated heterocycles. The smallest absolute Gasteiger partial charge is 0.289 e. The third-order valence-electron chi connectivity index (χ3n) is 4.73. The molecule has 0 radical (unpaired) electrons. The summed E-state index contributed by atoms with van der Waals surface area (Å²) < 4.78 is 11.1. The summed E-state index contributed by atoms with van der Waals surface area (Å²) in [6, 6.07) is 26.6. The topological polar surface area (TPSA) is 88.6 Å². The van der Waals surface area contributed by atoms with Gasteiger partial charge in [0, 0.05) is 11.1 Å². The molecule has 1 amide bonds. The van der Waals surface area contributed by atoms with E-state index < -0.39 is 5.91 Å². The van der Waals surface area contributed by atoms with Crippen molar-refractivity contribution in [2.75, 3.05) is 7.11 Å². The molecule has 4 rings (SSSR count). The second kappa shape index (κ2) is 10.1. The molecule has 0 saturated carbocycles. The molecule has 1 aromatic heterocycles. The van der Waals surface area contributed by atoms with Gasteiger partial charge in [0.25, 0.3) is 5.91 Å². The van der Waals surface area contributed by atoms with E-state index in [1.807, 2.05) is 78.9 Å². The average Bonchev–Trinajstić information content (AvgIpc) is 3.34. The molecular formula is C25H22N4O3. The summed E-state index contributed by atoms with van der Waals surface area (Å²) >= 11 is 0. The van der Waals surface area contributed by atoms with Crippen molar-refractivity contribution in [1.82, 2.24) is 15.6 Å². The number of amides is 1. The van der Waals surface area contributed by atoms with Crippen molar-refractivity contribution in [2.45, 2.75) is 6.61 Å². The Balaban J connectivity index is 1.35. The maximum Gasteiger partial charge on any atom is 0.289 e. The lowest BCUT2D eigenvalue weighted by Gasteiger charge is -2.06. The highest BCUT2D eigenvalue weighted by Crippen LogP contribution is 2.22. The Morgan fingerprint density at radius 1 is 1.03 bits per heavy atom. The first-order chi connectivity index (χ1) is 15.7. The molecule has 32 heavy (non-hydrogen) atoms. The molecule has 1 heterocycles. The lowest BCUT2D eigenvalue weighted by Crippen LogP contribution is -2.18. The molecule has 3 aromatic carbocycles. The lowest BCUT2D eigenvalue weighted by atomic mass is 10.1. The van der Waals surface area contributed by atoms with Crippen LogP contribution in [0.25, 0.3) is 11.3 Å². The SMILES string of the molecule is COc1ccccc1C=NNC(=O)c1cc(-c2ccc(OCc3ccccc3)cc2)n[nH]1. The highest BCUT2D eigenvalue weighted by Gasteiger charge is 2.11. The van der Waals surface area contributed by atoms with Gasteiger partial charge in [0.2, 0.25) is 0 Å². The van der Waals surface area contributed by atoms with Gasteiger partial charge in [-0.3, -0.25) is 9.89 Å². The van der Waals surface area contributed by atoms with Crippen LogP contribution in [-0.4, -0.2) is 29.4 Å². The summed E-state index contributed by atoms with van der Waals surface area (Å²) in [4.78, 5) is 12.4. The van der Waals surface area contributed by atoms with Gasteiger partial charge < -0.3 is 9.47 Å². The maximum atomic E-state index is 12.4. The van der Waals surface area contributed by atoms with E-state index in [-0.39, 0.29) is 0 Å². The summed E-state index contributed by atoms with van der Waals surface area (Å²) in [7, 11) is 1.58. The van der Waals surface area contributed by atoms with Crippen molar-refractivity contribution in [2.24, 2.45) is 5.10 Å². The number of aromatic nitrogens is 2. The predicted octanol–water partition coefficient (Wildman–Crippen LogP) is 4.43. The summed E-state index contributed by atoms with van der Waals surface area (Å²) in [5.74, 6) is 1.04. The fraction of sp³-hybridized carbons (Fsp3) is 0.0800. The van der Waals surface area contributed by atoms with Crippen molar-refractivity contribution >= 4 is 12.1 Å². The van der Waals surface area contributed by atoms with E-state index in [1.54, 1.807) is 13.2 Å². The number of aromatic amines is 1. The van der Waals surface area contributed by atoms with Crippen LogP contribution < -0.4 is 14.9 Å². The first-order valence-electron chi connectivity index (χ1n) is 10.0. The molecule has 4 aromatic rings. The third-order valence-corrected chi connectivity index (χ3v) is 4.73. The van der Waals surface area contributed by atoms with Gasteiger partial charge in [-0.25, -0.2) is 5.43 Å². The summed E-state index contributed by atoms with van der Waals surface area (Å²) in [6.07, 6.45) is 1.53. The van der Waals surface area contributed by atoms with E-state index in [0.29, 0.717) is 23.7 Å². The molecule has 0 fully saturated rings. The van der Waals surface area contributed by atoms with Gasteiger partial charge in [0.05, 0.1) is 19.0 Å². The molecule has 0 atom stereocenters. The second-order valence-corrected chi connectivity index (χ2v) is 6.91. The van der Waals surface area contributed by atoms with Crippen LogP contribution in [0.1, 0.15) is 21.6 Å². The number of carbonyl (C=O) groups excluding carboxylic acids is 1. The molecule has 0 aliphatic rings. The van der Waals surface area contributed by atoms with Crippen LogP contribution in [0, 0.1) is 0 Å². The Morgan fingerprint density at radius 3 is 2.56 bits per heavy atom. The van der Waals surface area contributed by atoms with E-state index in [1.165, 1.54) is 6.21 Å². The molecule has 0 spiro atoms. The number of hydrazone groups is 1. The molecule has 160 valence electrons. The van der Waals surface area contributed by atoms with E-state index in [0.717, 1.165) is 22.4 Å². The number of methoxy groups -OCH3 is 1. The number of ether oxygens (including phenoxy) is 2. The van der Waals surface area contributed by atoms with Crippen molar-refractivity contribution in [3.05, 3.63) is 102 Å². The number of rotatable bonds is 8. The number of hydrogen-bond acceptors (Lipinski definition) is 5. The monoisotopic (exact) mass is 426 g/mol. The number of para-hydroxylation sites is 1. The van der Waals surface area contributed by atoms with Gasteiger partial charge in [-0.05, 0) is 48.0 Å². The van der Waals surface area contributed by atoms with Crippen LogP contribution in [-0.2, 0) is 6.61 Å². The minimum atomic E-state index is -0.391. The molecule has 2 N–H and O–H groups in total. The Labute approximate surface area is 185 Å². The molecule has 0 bridgehead atoms. The van der Waals surface area contributed by atoms with Gasteiger partial charge in [0.15, 0.2) is 0 Å². The Hall–Kier alpha value is -4.39. The van der Waals surface area contributed by atoms with Crippen LogP contribution >= 0.6 is 0 Å². The molecule has 7 heteroatoms. The lowest BCUT2D eigenvalue weighted by molar-refractivity contribution is 0.0950. The van der Waals surface area contributed by atoms with Crippen LogP contribution in [0.15, 0.2) is 90.0 Å². The van der Waals surface area contributed by atoms with Gasteiger partial charge in [-0.1, -0.05) is 42.5 Å². The zero-order chi connectivity index (χ0) is 22.2. The van der Waals surface area contributed by atoms with Crippen LogP contribution in [0.3, 0.4) is 0 Å². The quantitative estimate of drug-likeness (QED) is 0.322. The molecule has 0 aliphatic carbocycles. The molecule has 7 nitrogen and oxygen atoms in total. The Morgan fingerprint density at radius 2 is 1.78 bits per heavy atom. The number of benzene rings is 3. The van der Waals surface area contributed by atoms with Crippen LogP contribution in [0.5, 0.6) is 11.5 Å². The van der Waals surface area contributed by atoms with E-state index >= 15 is 0 Å². The third kappa shape index (κ3) is 5.20. The van der Waals surface area contributed by atoms with E-state index in [2.05, 4.69) is 20.7 Å². The highest BCUT2D eigenvalue weighted by molar-refractivity contribution is 5.94. The maximum absolute atomic E-state index is 12.4.